The highest BCUT2D eigenvalue weighted by Crippen LogP contribution is 2.29. The first-order valence-electron chi connectivity index (χ1n) is 5.54. The Labute approximate surface area is 125 Å². The second-order valence-electron chi connectivity index (χ2n) is 3.89. The van der Waals surface area contributed by atoms with Gasteiger partial charge in [0.2, 0.25) is 0 Å². The molecule has 94 valence electrons. The summed E-state index contributed by atoms with van der Waals surface area (Å²) < 4.78 is 0.765. The van der Waals surface area contributed by atoms with E-state index in [4.69, 9.17) is 17.3 Å². The molecule has 0 fully saturated rings. The maximum absolute atomic E-state index is 9.33. The van der Waals surface area contributed by atoms with Crippen molar-refractivity contribution in [3.8, 4) is 6.07 Å². The van der Waals surface area contributed by atoms with Crippen LogP contribution >= 0.6 is 27.5 Å². The van der Waals surface area contributed by atoms with Crippen LogP contribution in [-0.2, 0) is 0 Å². The van der Waals surface area contributed by atoms with Gasteiger partial charge in [0, 0.05) is 15.1 Å². The zero-order chi connectivity index (χ0) is 13.8. The van der Waals surface area contributed by atoms with Gasteiger partial charge < -0.3 is 5.73 Å². The molecule has 0 spiro atoms. The standard InChI is InChI=1S/C15H10BrClN2/c16-14-8-11(17)6-7-12(14)15(19)13(9-18)10-4-2-1-3-5-10/h1-8H,19H2/b15-13-. The molecule has 19 heavy (non-hydrogen) atoms. The van der Waals surface area contributed by atoms with Crippen molar-refractivity contribution in [2.45, 2.75) is 0 Å². The Morgan fingerprint density at radius 3 is 2.42 bits per heavy atom. The monoisotopic (exact) mass is 332 g/mol. The van der Waals surface area contributed by atoms with E-state index < -0.39 is 0 Å². The normalized spacial score (nSPS) is 11.6. The van der Waals surface area contributed by atoms with E-state index in [1.165, 1.54) is 0 Å². The van der Waals surface area contributed by atoms with Gasteiger partial charge in [-0.15, -0.1) is 0 Å². The van der Waals surface area contributed by atoms with Crippen LogP contribution in [0.5, 0.6) is 0 Å². The van der Waals surface area contributed by atoms with Gasteiger partial charge in [-0.3, -0.25) is 0 Å². The summed E-state index contributed by atoms with van der Waals surface area (Å²) in [6, 6.07) is 16.8. The van der Waals surface area contributed by atoms with E-state index in [1.54, 1.807) is 18.2 Å². The van der Waals surface area contributed by atoms with E-state index in [2.05, 4.69) is 22.0 Å². The maximum atomic E-state index is 9.33. The largest absolute Gasteiger partial charge is 0.397 e. The number of allylic oxidation sites excluding steroid dienone is 1. The molecule has 0 aliphatic rings. The minimum atomic E-state index is 0.428. The van der Waals surface area contributed by atoms with E-state index in [9.17, 15) is 5.26 Å². The Morgan fingerprint density at radius 1 is 1.16 bits per heavy atom. The highest BCUT2D eigenvalue weighted by Gasteiger charge is 2.11. The molecule has 0 unspecified atom stereocenters. The number of nitrogens with zero attached hydrogens (tertiary/aromatic N) is 1. The van der Waals surface area contributed by atoms with Crippen molar-refractivity contribution in [1.82, 2.24) is 0 Å². The molecule has 2 rings (SSSR count). The average Bonchev–Trinajstić information content (AvgIpc) is 2.40. The van der Waals surface area contributed by atoms with Gasteiger partial charge in [0.15, 0.2) is 0 Å². The number of nitriles is 1. The molecule has 2 N–H and O–H groups in total. The molecule has 0 amide bonds. The lowest BCUT2D eigenvalue weighted by Crippen LogP contribution is -2.01. The van der Waals surface area contributed by atoms with Gasteiger partial charge in [0.1, 0.15) is 6.07 Å². The van der Waals surface area contributed by atoms with E-state index >= 15 is 0 Å². The van der Waals surface area contributed by atoms with Crippen molar-refractivity contribution in [3.05, 3.63) is 69.2 Å². The van der Waals surface area contributed by atoms with Crippen molar-refractivity contribution in [2.24, 2.45) is 5.73 Å². The summed E-state index contributed by atoms with van der Waals surface area (Å²) in [5.41, 5.74) is 8.54. The first kappa shape index (κ1) is 13.7. The Balaban J connectivity index is 2.59. The van der Waals surface area contributed by atoms with Crippen LogP contribution in [0.4, 0.5) is 0 Å². The van der Waals surface area contributed by atoms with Crippen LogP contribution in [0.25, 0.3) is 11.3 Å². The molecule has 0 aromatic heterocycles. The second kappa shape index (κ2) is 5.92. The first-order chi connectivity index (χ1) is 9.13. The molecule has 0 bridgehead atoms. The molecule has 2 nitrogen and oxygen atoms in total. The molecular formula is C15H10BrClN2. The van der Waals surface area contributed by atoms with Gasteiger partial charge in [-0.2, -0.15) is 5.26 Å². The molecule has 0 aliphatic carbocycles. The fourth-order valence-corrected chi connectivity index (χ4v) is 2.62. The van der Waals surface area contributed by atoms with Crippen LogP contribution in [0.1, 0.15) is 11.1 Å². The summed E-state index contributed by atoms with van der Waals surface area (Å²) in [6.45, 7) is 0. The van der Waals surface area contributed by atoms with E-state index in [0.717, 1.165) is 15.6 Å². The maximum Gasteiger partial charge on any atom is 0.102 e. The van der Waals surface area contributed by atoms with Gasteiger partial charge in [-0.05, 0) is 17.7 Å². The van der Waals surface area contributed by atoms with Crippen LogP contribution < -0.4 is 5.73 Å². The quantitative estimate of drug-likeness (QED) is 0.652. The third kappa shape index (κ3) is 2.98. The van der Waals surface area contributed by atoms with Crippen molar-refractivity contribution in [3.63, 3.8) is 0 Å². The highest BCUT2D eigenvalue weighted by atomic mass is 79.9. The summed E-state index contributed by atoms with van der Waals surface area (Å²) in [7, 11) is 0. The molecule has 0 saturated heterocycles. The minimum absolute atomic E-state index is 0.428. The van der Waals surface area contributed by atoms with Crippen LogP contribution in [0.2, 0.25) is 5.02 Å². The van der Waals surface area contributed by atoms with Gasteiger partial charge >= 0.3 is 0 Å². The van der Waals surface area contributed by atoms with E-state index in [-0.39, 0.29) is 0 Å². The van der Waals surface area contributed by atoms with Gasteiger partial charge in [-0.25, -0.2) is 0 Å². The summed E-state index contributed by atoms with van der Waals surface area (Å²) in [5.74, 6) is 0. The molecular weight excluding hydrogens is 324 g/mol. The molecule has 2 aromatic rings. The number of hydrogen-bond acceptors (Lipinski definition) is 2. The summed E-state index contributed by atoms with van der Waals surface area (Å²) in [4.78, 5) is 0. The van der Waals surface area contributed by atoms with Gasteiger partial charge in [0.05, 0.1) is 11.3 Å². The number of benzene rings is 2. The topological polar surface area (TPSA) is 49.8 Å². The molecule has 0 aliphatic heterocycles. The van der Waals surface area contributed by atoms with Crippen molar-refractivity contribution >= 4 is 38.8 Å². The van der Waals surface area contributed by atoms with Crippen LogP contribution in [0.15, 0.2) is 53.0 Å². The second-order valence-corrected chi connectivity index (χ2v) is 5.18. The fraction of sp³-hybridized carbons (Fsp3) is 0. The third-order valence-corrected chi connectivity index (χ3v) is 3.56. The molecule has 0 heterocycles. The zero-order valence-electron chi connectivity index (χ0n) is 9.90. The summed E-state index contributed by atoms with van der Waals surface area (Å²) in [6.07, 6.45) is 0. The Bertz CT molecular complexity index is 672. The summed E-state index contributed by atoms with van der Waals surface area (Å²) in [5, 5.41) is 9.94. The number of halogens is 2. The molecule has 2 aromatic carbocycles. The predicted octanol–water partition coefficient (Wildman–Crippen LogP) is 4.45. The Hall–Kier alpha value is -1.76. The lowest BCUT2D eigenvalue weighted by atomic mass is 10.0. The van der Waals surface area contributed by atoms with Gasteiger partial charge in [0.25, 0.3) is 0 Å². The van der Waals surface area contributed by atoms with Gasteiger partial charge in [-0.1, -0.05) is 63.9 Å². The van der Waals surface area contributed by atoms with Crippen molar-refractivity contribution in [1.29, 1.82) is 5.26 Å². The minimum Gasteiger partial charge on any atom is -0.397 e. The predicted molar refractivity (Wildman–Crippen MR) is 82.2 cm³/mol. The third-order valence-electron chi connectivity index (χ3n) is 2.66. The molecule has 0 atom stereocenters. The number of nitrogens with two attached hydrogens (primary N) is 1. The summed E-state index contributed by atoms with van der Waals surface area (Å²) >= 11 is 9.31. The zero-order valence-corrected chi connectivity index (χ0v) is 12.2. The van der Waals surface area contributed by atoms with Crippen LogP contribution in [0.3, 0.4) is 0 Å². The Morgan fingerprint density at radius 2 is 1.84 bits per heavy atom. The van der Waals surface area contributed by atoms with Crippen molar-refractivity contribution in [2.75, 3.05) is 0 Å². The highest BCUT2D eigenvalue weighted by molar-refractivity contribution is 9.10. The molecule has 4 heteroatoms. The lowest BCUT2D eigenvalue weighted by Gasteiger charge is -2.08. The number of hydrogen-bond donors (Lipinski definition) is 1. The Kier molecular flexibility index (Phi) is 4.26. The van der Waals surface area contributed by atoms with E-state index in [0.29, 0.717) is 16.3 Å². The van der Waals surface area contributed by atoms with Crippen LogP contribution in [0, 0.1) is 11.3 Å². The first-order valence-corrected chi connectivity index (χ1v) is 6.71. The SMILES string of the molecule is N#C/C(=C(/N)c1ccc(Cl)cc1Br)c1ccccc1. The average molecular weight is 334 g/mol. The molecule has 0 saturated carbocycles. The lowest BCUT2D eigenvalue weighted by molar-refractivity contribution is 1.46. The van der Waals surface area contributed by atoms with Crippen molar-refractivity contribution < 1.29 is 0 Å². The van der Waals surface area contributed by atoms with Crippen LogP contribution in [-0.4, -0.2) is 0 Å². The molecule has 0 radical (unpaired) electrons. The van der Waals surface area contributed by atoms with E-state index in [1.807, 2.05) is 30.3 Å². The smallest absolute Gasteiger partial charge is 0.102 e. The number of rotatable bonds is 2. The fourth-order valence-electron chi connectivity index (χ4n) is 1.73.